The second-order valence-corrected chi connectivity index (χ2v) is 9.04. The Bertz CT molecular complexity index is 1200. The van der Waals surface area contributed by atoms with Crippen molar-refractivity contribution in [3.8, 4) is 0 Å². The molecule has 0 radical (unpaired) electrons. The van der Waals surface area contributed by atoms with Crippen LogP contribution in [0.25, 0.3) is 11.0 Å². The third-order valence-corrected chi connectivity index (χ3v) is 7.23. The summed E-state index contributed by atoms with van der Waals surface area (Å²) in [7, 11) is -3.80. The van der Waals surface area contributed by atoms with Crippen molar-refractivity contribution in [1.82, 2.24) is 19.3 Å². The second-order valence-electron chi connectivity index (χ2n) is 6.72. The van der Waals surface area contributed by atoms with Crippen molar-refractivity contribution in [2.45, 2.75) is 18.4 Å². The van der Waals surface area contributed by atoms with Gasteiger partial charge < -0.3 is 10.1 Å². The van der Waals surface area contributed by atoms with E-state index in [0.717, 1.165) is 5.52 Å². The topological polar surface area (TPSA) is 106 Å². The molecule has 3 aromatic rings. The van der Waals surface area contributed by atoms with Gasteiger partial charge in [0, 0.05) is 30.9 Å². The Morgan fingerprint density at radius 3 is 2.70 bits per heavy atom. The van der Waals surface area contributed by atoms with E-state index in [2.05, 4.69) is 15.6 Å². The van der Waals surface area contributed by atoms with Gasteiger partial charge in [-0.15, -0.1) is 5.10 Å². The molecule has 0 unspecified atom stereocenters. The van der Waals surface area contributed by atoms with Crippen LogP contribution in [0.15, 0.2) is 41.3 Å². The van der Waals surface area contributed by atoms with E-state index in [0.29, 0.717) is 36.5 Å². The Kier molecular flexibility index (Phi) is 5.74. The molecule has 2 heterocycles. The lowest BCUT2D eigenvalue weighted by atomic mass is 10.2. The number of amides is 1. The third kappa shape index (κ3) is 3.91. The molecule has 0 spiro atoms. The number of nitrogens with one attached hydrogen (secondary N) is 1. The molecule has 1 aromatic heterocycles. The Morgan fingerprint density at radius 1 is 1.20 bits per heavy atom. The summed E-state index contributed by atoms with van der Waals surface area (Å²) >= 11 is 6.17. The molecule has 1 fully saturated rings. The maximum absolute atomic E-state index is 12.9. The molecule has 1 aliphatic heterocycles. The van der Waals surface area contributed by atoms with Gasteiger partial charge in [-0.2, -0.15) is 4.31 Å². The van der Waals surface area contributed by atoms with Crippen LogP contribution in [0.1, 0.15) is 17.3 Å². The smallest absolute Gasteiger partial charge is 0.255 e. The number of aryl methyl sites for hydroxylation is 1. The lowest BCUT2D eigenvalue weighted by Crippen LogP contribution is -2.40. The molecule has 9 nitrogen and oxygen atoms in total. The number of morpholine rings is 1. The van der Waals surface area contributed by atoms with Gasteiger partial charge in [-0.05, 0) is 43.3 Å². The minimum absolute atomic E-state index is 0.0507. The fourth-order valence-electron chi connectivity index (χ4n) is 3.26. The Morgan fingerprint density at radius 2 is 1.97 bits per heavy atom. The number of sulfonamides is 1. The number of halogens is 1. The van der Waals surface area contributed by atoms with E-state index in [9.17, 15) is 13.2 Å². The summed E-state index contributed by atoms with van der Waals surface area (Å²) in [5, 5.41) is 10.9. The lowest BCUT2D eigenvalue weighted by molar-refractivity contribution is 0.0730. The van der Waals surface area contributed by atoms with Gasteiger partial charge in [-0.1, -0.05) is 16.8 Å². The van der Waals surface area contributed by atoms with Gasteiger partial charge >= 0.3 is 0 Å². The molecule has 0 aliphatic carbocycles. The van der Waals surface area contributed by atoms with Crippen molar-refractivity contribution in [3.05, 3.63) is 47.0 Å². The van der Waals surface area contributed by atoms with E-state index in [1.54, 1.807) is 28.9 Å². The number of rotatable bonds is 5. The number of carbonyl (C=O) groups excluding carboxylic acids is 1. The first-order valence-electron chi connectivity index (χ1n) is 9.42. The quantitative estimate of drug-likeness (QED) is 0.641. The molecule has 0 atom stereocenters. The van der Waals surface area contributed by atoms with E-state index in [1.165, 1.54) is 16.4 Å². The average Bonchev–Trinajstić information content (AvgIpc) is 3.18. The zero-order chi connectivity index (χ0) is 21.3. The van der Waals surface area contributed by atoms with Gasteiger partial charge in [0.25, 0.3) is 5.91 Å². The van der Waals surface area contributed by atoms with Gasteiger partial charge in [0.2, 0.25) is 10.0 Å². The first kappa shape index (κ1) is 20.7. The molecule has 4 rings (SSSR count). The number of hydrogen-bond donors (Lipinski definition) is 1. The third-order valence-electron chi connectivity index (χ3n) is 4.85. The van der Waals surface area contributed by atoms with Crippen LogP contribution in [0.3, 0.4) is 0 Å². The van der Waals surface area contributed by atoms with Crippen molar-refractivity contribution in [1.29, 1.82) is 0 Å². The molecule has 0 saturated carbocycles. The number of hydrogen-bond acceptors (Lipinski definition) is 6. The minimum atomic E-state index is -3.80. The summed E-state index contributed by atoms with van der Waals surface area (Å²) in [4.78, 5) is 12.7. The molecule has 0 bridgehead atoms. The number of aromatic nitrogens is 3. The molecule has 158 valence electrons. The predicted octanol–water partition coefficient (Wildman–Crippen LogP) is 2.38. The van der Waals surface area contributed by atoms with Crippen molar-refractivity contribution in [2.24, 2.45) is 0 Å². The fourth-order valence-corrected chi connectivity index (χ4v) is 5.16. The largest absolute Gasteiger partial charge is 0.379 e. The molecule has 11 heteroatoms. The Labute approximate surface area is 178 Å². The summed E-state index contributed by atoms with van der Waals surface area (Å²) in [5.41, 5.74) is 2.15. The van der Waals surface area contributed by atoms with Crippen molar-refractivity contribution in [3.63, 3.8) is 0 Å². The highest BCUT2D eigenvalue weighted by Gasteiger charge is 2.28. The highest BCUT2D eigenvalue weighted by molar-refractivity contribution is 7.89. The van der Waals surface area contributed by atoms with Crippen LogP contribution in [0.2, 0.25) is 5.02 Å². The Balaban J connectivity index is 1.59. The van der Waals surface area contributed by atoms with Crippen LogP contribution in [0, 0.1) is 0 Å². The van der Waals surface area contributed by atoms with Crippen molar-refractivity contribution >= 4 is 44.3 Å². The van der Waals surface area contributed by atoms with Gasteiger partial charge in [0.1, 0.15) is 10.4 Å². The lowest BCUT2D eigenvalue weighted by Gasteiger charge is -2.26. The maximum Gasteiger partial charge on any atom is 0.255 e. The number of carbonyl (C=O) groups is 1. The number of anilines is 1. The van der Waals surface area contributed by atoms with Gasteiger partial charge in [0.05, 0.1) is 23.8 Å². The highest BCUT2D eigenvalue weighted by Crippen LogP contribution is 2.28. The van der Waals surface area contributed by atoms with Crippen LogP contribution in [0.5, 0.6) is 0 Å². The Hall–Kier alpha value is -2.53. The van der Waals surface area contributed by atoms with Gasteiger partial charge in [-0.3, -0.25) is 4.79 Å². The molecular formula is C19H20ClN5O4S. The van der Waals surface area contributed by atoms with E-state index < -0.39 is 10.0 Å². The van der Waals surface area contributed by atoms with Crippen LogP contribution in [-0.2, 0) is 21.3 Å². The zero-order valence-electron chi connectivity index (χ0n) is 16.2. The van der Waals surface area contributed by atoms with Gasteiger partial charge in [0.15, 0.2) is 0 Å². The van der Waals surface area contributed by atoms with Gasteiger partial charge in [-0.25, -0.2) is 13.1 Å². The summed E-state index contributed by atoms with van der Waals surface area (Å²) in [6.07, 6.45) is 0. The van der Waals surface area contributed by atoms with Crippen LogP contribution >= 0.6 is 11.6 Å². The fraction of sp³-hybridized carbons (Fsp3) is 0.316. The molecule has 1 aliphatic rings. The zero-order valence-corrected chi connectivity index (χ0v) is 17.8. The minimum Gasteiger partial charge on any atom is -0.379 e. The maximum atomic E-state index is 12.9. The predicted molar refractivity (Wildman–Crippen MR) is 112 cm³/mol. The molecule has 1 saturated heterocycles. The van der Waals surface area contributed by atoms with E-state index in [1.807, 2.05) is 6.92 Å². The molecule has 2 aromatic carbocycles. The van der Waals surface area contributed by atoms with Crippen LogP contribution < -0.4 is 5.32 Å². The molecular weight excluding hydrogens is 430 g/mol. The number of fused-ring (bicyclic) bond motifs is 1. The number of nitrogens with zero attached hydrogens (tertiary/aromatic N) is 4. The first-order valence-corrected chi connectivity index (χ1v) is 11.2. The number of benzene rings is 2. The SMILES string of the molecule is CCn1nnc2cc(C(=O)Nc3ccc(Cl)c(S(=O)(=O)N4CCOCC4)c3)ccc21. The first-order chi connectivity index (χ1) is 14.4. The van der Waals surface area contributed by atoms with E-state index >= 15 is 0 Å². The van der Waals surface area contributed by atoms with Crippen LogP contribution in [-0.4, -0.2) is 59.9 Å². The number of ether oxygens (including phenoxy) is 1. The average molecular weight is 450 g/mol. The summed E-state index contributed by atoms with van der Waals surface area (Å²) in [6.45, 7) is 3.81. The summed E-state index contributed by atoms with van der Waals surface area (Å²) in [6, 6.07) is 9.49. The highest BCUT2D eigenvalue weighted by atomic mass is 35.5. The standard InChI is InChI=1S/C19H20ClN5O4S/c1-2-25-17-6-3-13(11-16(17)22-23-25)19(26)21-14-4-5-15(20)18(12-14)30(27,28)24-7-9-29-10-8-24/h3-6,11-12H,2,7-10H2,1H3,(H,21,26). The second kappa shape index (κ2) is 8.31. The normalized spacial score (nSPS) is 15.4. The van der Waals surface area contributed by atoms with E-state index in [4.69, 9.17) is 16.3 Å². The van der Waals surface area contributed by atoms with Crippen molar-refractivity contribution < 1.29 is 17.9 Å². The van der Waals surface area contributed by atoms with Crippen LogP contribution in [0.4, 0.5) is 5.69 Å². The van der Waals surface area contributed by atoms with E-state index in [-0.39, 0.29) is 28.9 Å². The molecule has 1 amide bonds. The summed E-state index contributed by atoms with van der Waals surface area (Å²) < 4.78 is 34.2. The summed E-state index contributed by atoms with van der Waals surface area (Å²) in [5.74, 6) is -0.389. The molecule has 1 N–H and O–H groups in total. The molecule has 30 heavy (non-hydrogen) atoms. The van der Waals surface area contributed by atoms with Crippen molar-refractivity contribution in [2.75, 3.05) is 31.6 Å². The monoisotopic (exact) mass is 449 g/mol.